The lowest BCUT2D eigenvalue weighted by Crippen LogP contribution is -2.13. The van der Waals surface area contributed by atoms with Crippen molar-refractivity contribution in [2.45, 2.75) is 6.92 Å². The molecule has 132 valence electrons. The van der Waals surface area contributed by atoms with E-state index in [0.717, 1.165) is 22.5 Å². The maximum absolute atomic E-state index is 13.0. The maximum Gasteiger partial charge on any atom is 0.299 e. The minimum Gasteiger partial charge on any atom is -0.288 e. The van der Waals surface area contributed by atoms with Crippen LogP contribution in [-0.4, -0.2) is 9.78 Å². The topological polar surface area (TPSA) is 62.5 Å². The maximum atomic E-state index is 13.0. The van der Waals surface area contributed by atoms with Crippen LogP contribution in [0.15, 0.2) is 100.0 Å². The molecule has 0 aliphatic heterocycles. The Morgan fingerprint density at radius 3 is 2.11 bits per heavy atom. The zero-order valence-corrected chi connectivity index (χ0v) is 14.8. The molecule has 0 amide bonds. The second-order valence-corrected chi connectivity index (χ2v) is 6.16. The molecular formula is C22H18N4O. The fourth-order valence-electron chi connectivity index (χ4n) is 2.87. The number of hydrogen-bond acceptors (Lipinski definition) is 3. The lowest BCUT2D eigenvalue weighted by atomic mass is 10.1. The van der Waals surface area contributed by atoms with Crippen LogP contribution in [0, 0.1) is 6.92 Å². The second-order valence-electron chi connectivity index (χ2n) is 6.16. The first-order valence-electron chi connectivity index (χ1n) is 8.67. The Hall–Kier alpha value is -3.73. The molecule has 0 saturated heterocycles. The van der Waals surface area contributed by atoms with Crippen LogP contribution in [0.4, 0.5) is 11.4 Å². The first-order valence-corrected chi connectivity index (χ1v) is 8.67. The van der Waals surface area contributed by atoms with Crippen LogP contribution in [0.2, 0.25) is 0 Å². The van der Waals surface area contributed by atoms with Gasteiger partial charge in [-0.3, -0.25) is 9.89 Å². The van der Waals surface area contributed by atoms with E-state index in [2.05, 4.69) is 15.3 Å². The number of para-hydroxylation sites is 1. The zero-order chi connectivity index (χ0) is 18.6. The summed E-state index contributed by atoms with van der Waals surface area (Å²) in [4.78, 5) is 13.0. The van der Waals surface area contributed by atoms with E-state index in [0.29, 0.717) is 5.69 Å². The molecule has 0 aliphatic rings. The Morgan fingerprint density at radius 2 is 1.41 bits per heavy atom. The predicted molar refractivity (Wildman–Crippen MR) is 107 cm³/mol. The number of hydrogen-bond donors (Lipinski definition) is 1. The van der Waals surface area contributed by atoms with Crippen LogP contribution >= 0.6 is 0 Å². The van der Waals surface area contributed by atoms with Crippen LogP contribution in [0.5, 0.6) is 0 Å². The van der Waals surface area contributed by atoms with E-state index < -0.39 is 0 Å². The molecule has 1 heterocycles. The molecule has 5 nitrogen and oxygen atoms in total. The second kappa shape index (κ2) is 7.25. The monoisotopic (exact) mass is 354 g/mol. The first kappa shape index (κ1) is 16.7. The number of azo groups is 1. The number of H-pyrrole nitrogens is 1. The van der Waals surface area contributed by atoms with E-state index >= 15 is 0 Å². The third-order valence-corrected chi connectivity index (χ3v) is 4.32. The van der Waals surface area contributed by atoms with Gasteiger partial charge in [0.05, 0.1) is 17.1 Å². The fourth-order valence-corrected chi connectivity index (χ4v) is 2.87. The number of nitrogens with one attached hydrogen (secondary N) is 1. The van der Waals surface area contributed by atoms with Crippen molar-refractivity contribution in [1.29, 1.82) is 0 Å². The summed E-state index contributed by atoms with van der Waals surface area (Å²) in [6.07, 6.45) is 0. The number of benzene rings is 3. The number of rotatable bonds is 4. The molecule has 3 aromatic carbocycles. The van der Waals surface area contributed by atoms with Gasteiger partial charge in [0, 0.05) is 5.56 Å². The normalized spacial score (nSPS) is 11.1. The average Bonchev–Trinajstić information content (AvgIpc) is 3.05. The Bertz CT molecular complexity index is 1140. The zero-order valence-electron chi connectivity index (χ0n) is 14.8. The van der Waals surface area contributed by atoms with E-state index in [-0.39, 0.29) is 11.2 Å². The van der Waals surface area contributed by atoms with E-state index in [1.165, 1.54) is 4.68 Å². The molecule has 5 heteroatoms. The molecule has 0 radical (unpaired) electrons. The van der Waals surface area contributed by atoms with Gasteiger partial charge in [-0.05, 0) is 30.7 Å². The smallest absolute Gasteiger partial charge is 0.288 e. The summed E-state index contributed by atoms with van der Waals surface area (Å²) in [5, 5.41) is 11.8. The van der Waals surface area contributed by atoms with Crippen LogP contribution in [0.3, 0.4) is 0 Å². The number of nitrogens with zero attached hydrogens (tertiary/aromatic N) is 3. The number of aromatic amines is 1. The van der Waals surface area contributed by atoms with Crippen molar-refractivity contribution >= 4 is 11.4 Å². The highest BCUT2D eigenvalue weighted by Crippen LogP contribution is 2.28. The SMILES string of the molecule is Cc1ccccc1N=Nc1c(-c2ccccc2)[nH]n(-c2ccccc2)c1=O. The molecule has 0 spiro atoms. The van der Waals surface area contributed by atoms with Gasteiger partial charge in [-0.1, -0.05) is 66.7 Å². The highest BCUT2D eigenvalue weighted by molar-refractivity contribution is 5.71. The Morgan fingerprint density at radius 1 is 0.778 bits per heavy atom. The van der Waals surface area contributed by atoms with Gasteiger partial charge in [0.1, 0.15) is 0 Å². The highest BCUT2D eigenvalue weighted by Gasteiger charge is 2.16. The molecule has 4 rings (SSSR count). The molecule has 0 saturated carbocycles. The van der Waals surface area contributed by atoms with Crippen molar-refractivity contribution in [2.75, 3.05) is 0 Å². The van der Waals surface area contributed by atoms with Gasteiger partial charge in [-0.2, -0.15) is 5.11 Å². The summed E-state index contributed by atoms with van der Waals surface area (Å²) in [6, 6.07) is 26.8. The van der Waals surface area contributed by atoms with E-state index in [4.69, 9.17) is 0 Å². The number of aromatic nitrogens is 2. The van der Waals surface area contributed by atoms with Crippen molar-refractivity contribution in [3.63, 3.8) is 0 Å². The summed E-state index contributed by atoms with van der Waals surface area (Å²) in [5.41, 5.74) is 4.05. The van der Waals surface area contributed by atoms with E-state index in [9.17, 15) is 4.79 Å². The molecule has 1 aromatic heterocycles. The fraction of sp³-hybridized carbons (Fsp3) is 0.0455. The molecule has 0 bridgehead atoms. The summed E-state index contributed by atoms with van der Waals surface area (Å²) in [5.74, 6) is 0. The molecule has 0 atom stereocenters. The lowest BCUT2D eigenvalue weighted by molar-refractivity contribution is 0.852. The van der Waals surface area contributed by atoms with Crippen molar-refractivity contribution < 1.29 is 0 Å². The molecule has 0 fully saturated rings. The van der Waals surface area contributed by atoms with Gasteiger partial charge in [0.2, 0.25) is 0 Å². The first-order chi connectivity index (χ1) is 13.2. The van der Waals surface area contributed by atoms with Gasteiger partial charge >= 0.3 is 0 Å². The van der Waals surface area contributed by atoms with Crippen molar-refractivity contribution in [2.24, 2.45) is 10.2 Å². The minimum absolute atomic E-state index is 0.239. The van der Waals surface area contributed by atoms with Gasteiger partial charge in [-0.15, -0.1) is 5.11 Å². The van der Waals surface area contributed by atoms with Gasteiger partial charge in [0.15, 0.2) is 5.69 Å². The quantitative estimate of drug-likeness (QED) is 0.479. The molecule has 0 unspecified atom stereocenters. The average molecular weight is 354 g/mol. The van der Waals surface area contributed by atoms with Crippen molar-refractivity contribution in [1.82, 2.24) is 9.78 Å². The van der Waals surface area contributed by atoms with Gasteiger partial charge in [0.25, 0.3) is 5.56 Å². The Labute approximate surface area is 156 Å². The van der Waals surface area contributed by atoms with Crippen LogP contribution in [0.25, 0.3) is 16.9 Å². The van der Waals surface area contributed by atoms with Crippen LogP contribution in [-0.2, 0) is 0 Å². The van der Waals surface area contributed by atoms with E-state index in [1.807, 2.05) is 91.9 Å². The van der Waals surface area contributed by atoms with Crippen molar-refractivity contribution in [3.8, 4) is 16.9 Å². The summed E-state index contributed by atoms with van der Waals surface area (Å²) in [7, 11) is 0. The lowest BCUT2D eigenvalue weighted by Gasteiger charge is -2.01. The van der Waals surface area contributed by atoms with E-state index in [1.54, 1.807) is 0 Å². The molecule has 4 aromatic rings. The molecule has 0 aliphatic carbocycles. The summed E-state index contributed by atoms with van der Waals surface area (Å²) < 4.78 is 1.49. The third-order valence-electron chi connectivity index (χ3n) is 4.32. The van der Waals surface area contributed by atoms with Gasteiger partial charge < -0.3 is 0 Å². The predicted octanol–water partition coefficient (Wildman–Crippen LogP) is 5.56. The van der Waals surface area contributed by atoms with Crippen LogP contribution < -0.4 is 5.56 Å². The Balaban J connectivity index is 1.88. The summed E-state index contributed by atoms with van der Waals surface area (Å²) >= 11 is 0. The third kappa shape index (κ3) is 3.35. The molecule has 27 heavy (non-hydrogen) atoms. The minimum atomic E-state index is -0.239. The van der Waals surface area contributed by atoms with Gasteiger partial charge in [-0.25, -0.2) is 4.68 Å². The summed E-state index contributed by atoms with van der Waals surface area (Å²) in [6.45, 7) is 1.96. The molecular weight excluding hydrogens is 336 g/mol. The standard InChI is InChI=1S/C22H18N4O/c1-16-10-8-9-15-19(16)23-24-21-20(17-11-4-2-5-12-17)25-26(22(21)27)18-13-6-3-7-14-18/h2-15,25H,1H3. The molecule has 1 N–H and O–H groups in total. The number of aryl methyl sites for hydroxylation is 1. The largest absolute Gasteiger partial charge is 0.299 e. The Kier molecular flexibility index (Phi) is 4.49. The highest BCUT2D eigenvalue weighted by atomic mass is 16.1. The van der Waals surface area contributed by atoms with Crippen LogP contribution in [0.1, 0.15) is 5.56 Å². The van der Waals surface area contributed by atoms with Crippen molar-refractivity contribution in [3.05, 3.63) is 101 Å².